The molecule has 0 aliphatic carbocycles. The highest BCUT2D eigenvalue weighted by atomic mass is 32.2. The molecule has 0 fully saturated rings. The summed E-state index contributed by atoms with van der Waals surface area (Å²) in [7, 11) is -2.38. The summed E-state index contributed by atoms with van der Waals surface area (Å²) in [5.74, 6) is -0.102. The molecule has 0 aliphatic heterocycles. The minimum Gasteiger partial charge on any atom is -0.317 e. The molecule has 116 valence electrons. The monoisotopic (exact) mass is 304 g/mol. The van der Waals surface area contributed by atoms with Gasteiger partial charge in [-0.25, -0.2) is 12.7 Å². The Labute approximate surface area is 113 Å². The van der Waals surface area contributed by atoms with E-state index in [2.05, 4.69) is 5.32 Å². The zero-order valence-electron chi connectivity index (χ0n) is 11.5. The summed E-state index contributed by atoms with van der Waals surface area (Å²) in [6.45, 7) is 3.14. The summed E-state index contributed by atoms with van der Waals surface area (Å²) < 4.78 is 60.1. The van der Waals surface area contributed by atoms with Crippen LogP contribution in [0.3, 0.4) is 0 Å². The molecule has 0 rings (SSSR count). The van der Waals surface area contributed by atoms with Gasteiger partial charge in [0.05, 0.1) is 12.2 Å². The maximum atomic E-state index is 12.0. The molecule has 0 saturated carbocycles. The van der Waals surface area contributed by atoms with Crippen LogP contribution in [0.1, 0.15) is 32.6 Å². The number of nitrogens with one attached hydrogen (secondary N) is 1. The zero-order valence-corrected chi connectivity index (χ0v) is 12.3. The highest BCUT2D eigenvalue weighted by molar-refractivity contribution is 7.89. The van der Waals surface area contributed by atoms with Crippen molar-refractivity contribution in [1.82, 2.24) is 9.62 Å². The summed E-state index contributed by atoms with van der Waals surface area (Å²) >= 11 is 0. The Morgan fingerprint density at radius 3 is 2.32 bits per heavy atom. The summed E-state index contributed by atoms with van der Waals surface area (Å²) in [5.41, 5.74) is 0. The van der Waals surface area contributed by atoms with E-state index in [4.69, 9.17) is 0 Å². The Kier molecular flexibility index (Phi) is 8.60. The smallest absolute Gasteiger partial charge is 0.317 e. The van der Waals surface area contributed by atoms with Crippen molar-refractivity contribution in [2.24, 2.45) is 0 Å². The van der Waals surface area contributed by atoms with Gasteiger partial charge in [0, 0.05) is 13.6 Å². The van der Waals surface area contributed by atoms with Crippen LogP contribution in [0.15, 0.2) is 0 Å². The fraction of sp³-hybridized carbons (Fsp3) is 1.00. The topological polar surface area (TPSA) is 49.4 Å². The van der Waals surface area contributed by atoms with Crippen molar-refractivity contribution in [2.45, 2.75) is 38.8 Å². The number of hydrogen-bond acceptors (Lipinski definition) is 3. The van der Waals surface area contributed by atoms with E-state index in [1.165, 1.54) is 7.05 Å². The molecule has 0 amide bonds. The van der Waals surface area contributed by atoms with Crippen molar-refractivity contribution >= 4 is 10.0 Å². The van der Waals surface area contributed by atoms with Gasteiger partial charge in [-0.2, -0.15) is 13.2 Å². The van der Waals surface area contributed by atoms with Crippen molar-refractivity contribution in [2.75, 3.05) is 32.4 Å². The average Bonchev–Trinajstić information content (AvgIpc) is 2.29. The van der Waals surface area contributed by atoms with Crippen LogP contribution < -0.4 is 5.32 Å². The fourth-order valence-electron chi connectivity index (χ4n) is 1.42. The fourth-order valence-corrected chi connectivity index (χ4v) is 2.67. The van der Waals surface area contributed by atoms with Crippen LogP contribution in [-0.2, 0) is 10.0 Å². The van der Waals surface area contributed by atoms with E-state index in [0.29, 0.717) is 12.8 Å². The lowest BCUT2D eigenvalue weighted by molar-refractivity contribution is -0.135. The Hall–Kier alpha value is -0.340. The molecular formula is C11H23F3N2O2S. The molecule has 0 unspecified atom stereocenters. The third-order valence-electron chi connectivity index (χ3n) is 2.62. The van der Waals surface area contributed by atoms with E-state index in [-0.39, 0.29) is 5.75 Å². The highest BCUT2D eigenvalue weighted by Gasteiger charge is 2.29. The molecule has 4 nitrogen and oxygen atoms in total. The van der Waals surface area contributed by atoms with Crippen LogP contribution in [0.2, 0.25) is 0 Å². The van der Waals surface area contributed by atoms with Crippen molar-refractivity contribution in [3.8, 4) is 0 Å². The first-order chi connectivity index (χ1) is 8.69. The Morgan fingerprint density at radius 2 is 1.79 bits per heavy atom. The molecule has 0 spiro atoms. The third-order valence-corrected chi connectivity index (χ3v) is 4.55. The predicted octanol–water partition coefficient (Wildman–Crippen LogP) is 1.98. The van der Waals surface area contributed by atoms with Gasteiger partial charge in [0.15, 0.2) is 0 Å². The zero-order chi connectivity index (χ0) is 14.9. The SMILES string of the molecule is CCCNCCCCS(=O)(=O)N(C)CCC(F)(F)F. The molecule has 0 aromatic heterocycles. The Balaban J connectivity index is 3.90. The molecule has 0 aromatic rings. The first-order valence-electron chi connectivity index (χ1n) is 6.40. The maximum Gasteiger partial charge on any atom is 0.390 e. The highest BCUT2D eigenvalue weighted by Crippen LogP contribution is 2.20. The summed E-state index contributed by atoms with van der Waals surface area (Å²) in [5, 5.41) is 3.14. The van der Waals surface area contributed by atoms with Crippen LogP contribution in [0.4, 0.5) is 13.2 Å². The van der Waals surface area contributed by atoms with E-state index in [9.17, 15) is 21.6 Å². The van der Waals surface area contributed by atoms with Gasteiger partial charge in [0.1, 0.15) is 0 Å². The molecule has 19 heavy (non-hydrogen) atoms. The van der Waals surface area contributed by atoms with Crippen molar-refractivity contribution < 1.29 is 21.6 Å². The van der Waals surface area contributed by atoms with Crippen molar-refractivity contribution in [3.05, 3.63) is 0 Å². The van der Waals surface area contributed by atoms with Gasteiger partial charge in [-0.05, 0) is 32.4 Å². The van der Waals surface area contributed by atoms with Crippen molar-refractivity contribution in [3.63, 3.8) is 0 Å². The average molecular weight is 304 g/mol. The number of nitrogens with zero attached hydrogens (tertiary/aromatic N) is 1. The lowest BCUT2D eigenvalue weighted by atomic mass is 10.3. The second-order valence-electron chi connectivity index (χ2n) is 4.46. The molecule has 0 atom stereocenters. The van der Waals surface area contributed by atoms with Gasteiger partial charge < -0.3 is 5.32 Å². The molecule has 0 radical (unpaired) electrons. The largest absolute Gasteiger partial charge is 0.390 e. The molecule has 0 aliphatic rings. The quantitative estimate of drug-likeness (QED) is 0.628. The van der Waals surface area contributed by atoms with Crippen LogP contribution in [0.5, 0.6) is 0 Å². The number of hydrogen-bond donors (Lipinski definition) is 1. The van der Waals surface area contributed by atoms with Crippen LogP contribution in [0, 0.1) is 0 Å². The van der Waals surface area contributed by atoms with Gasteiger partial charge >= 0.3 is 6.18 Å². The number of rotatable bonds is 10. The van der Waals surface area contributed by atoms with E-state index in [0.717, 1.165) is 23.8 Å². The van der Waals surface area contributed by atoms with E-state index >= 15 is 0 Å². The lowest BCUT2D eigenvalue weighted by Gasteiger charge is -2.17. The Morgan fingerprint density at radius 1 is 1.16 bits per heavy atom. The molecule has 0 heterocycles. The third kappa shape index (κ3) is 10.1. The number of unbranched alkanes of at least 4 members (excludes halogenated alkanes) is 1. The number of sulfonamides is 1. The second-order valence-corrected chi connectivity index (χ2v) is 6.66. The normalized spacial score (nSPS) is 13.2. The van der Waals surface area contributed by atoms with Gasteiger partial charge in [0.2, 0.25) is 10.0 Å². The molecule has 0 aromatic carbocycles. The van der Waals surface area contributed by atoms with Gasteiger partial charge in [-0.15, -0.1) is 0 Å². The minimum absolute atomic E-state index is 0.102. The maximum absolute atomic E-state index is 12.0. The van der Waals surface area contributed by atoms with Gasteiger partial charge in [0.25, 0.3) is 0 Å². The Bertz CT molecular complexity index is 331. The molecule has 0 saturated heterocycles. The van der Waals surface area contributed by atoms with Crippen LogP contribution >= 0.6 is 0 Å². The first-order valence-corrected chi connectivity index (χ1v) is 8.01. The number of alkyl halides is 3. The lowest BCUT2D eigenvalue weighted by Crippen LogP contribution is -2.32. The van der Waals surface area contributed by atoms with Crippen molar-refractivity contribution in [1.29, 1.82) is 0 Å². The van der Waals surface area contributed by atoms with Gasteiger partial charge in [-0.3, -0.25) is 0 Å². The predicted molar refractivity (Wildman–Crippen MR) is 69.5 cm³/mol. The van der Waals surface area contributed by atoms with E-state index < -0.39 is 29.2 Å². The van der Waals surface area contributed by atoms with Crippen LogP contribution in [0.25, 0.3) is 0 Å². The minimum atomic E-state index is -4.33. The van der Waals surface area contributed by atoms with Gasteiger partial charge in [-0.1, -0.05) is 6.92 Å². The summed E-state index contributed by atoms with van der Waals surface area (Å²) in [6, 6.07) is 0. The molecular weight excluding hydrogens is 281 g/mol. The van der Waals surface area contributed by atoms with E-state index in [1.807, 2.05) is 6.92 Å². The second kappa shape index (κ2) is 8.76. The van der Waals surface area contributed by atoms with Crippen LogP contribution in [-0.4, -0.2) is 51.3 Å². The molecule has 8 heteroatoms. The molecule has 1 N–H and O–H groups in total. The summed E-state index contributed by atoms with van der Waals surface area (Å²) in [6.07, 6.45) is -3.27. The number of halogens is 3. The standard InChI is InChI=1S/C11H23F3N2O2S/c1-3-7-15-8-4-5-10-19(17,18)16(2)9-6-11(12,13)14/h15H,3-10H2,1-2H3. The van der Waals surface area contributed by atoms with E-state index in [1.54, 1.807) is 0 Å². The first kappa shape index (κ1) is 18.7. The summed E-state index contributed by atoms with van der Waals surface area (Å²) in [4.78, 5) is 0. The molecule has 0 bridgehead atoms.